The van der Waals surface area contributed by atoms with Gasteiger partial charge >= 0.3 is 0 Å². The predicted molar refractivity (Wildman–Crippen MR) is 89.5 cm³/mol. The van der Waals surface area contributed by atoms with Crippen LogP contribution in [0.3, 0.4) is 0 Å². The molecule has 0 heterocycles. The lowest BCUT2D eigenvalue weighted by atomic mass is 10.1. The van der Waals surface area contributed by atoms with Crippen molar-refractivity contribution in [2.45, 2.75) is 13.0 Å². The van der Waals surface area contributed by atoms with E-state index in [1.165, 1.54) is 17.0 Å². The van der Waals surface area contributed by atoms with E-state index in [4.69, 9.17) is 27.9 Å². The summed E-state index contributed by atoms with van der Waals surface area (Å²) in [5.74, 6) is -0.267. The van der Waals surface area contributed by atoms with Crippen molar-refractivity contribution in [3.63, 3.8) is 0 Å². The van der Waals surface area contributed by atoms with Crippen LogP contribution in [0, 0.1) is 5.82 Å². The number of ether oxygens (including phenoxy) is 1. The minimum atomic E-state index is -0.313. The van der Waals surface area contributed by atoms with E-state index < -0.39 is 0 Å². The third-order valence-corrected chi connectivity index (χ3v) is 4.18. The Labute approximate surface area is 144 Å². The molecule has 23 heavy (non-hydrogen) atoms. The number of nitrogens with zero attached hydrogens (tertiary/aromatic N) is 1. The monoisotopic (exact) mass is 355 g/mol. The average molecular weight is 356 g/mol. The van der Waals surface area contributed by atoms with E-state index in [0.717, 1.165) is 5.56 Å². The Morgan fingerprint density at radius 1 is 1.17 bits per heavy atom. The maximum atomic E-state index is 13.0. The highest BCUT2D eigenvalue weighted by Crippen LogP contribution is 2.32. The maximum Gasteiger partial charge on any atom is 0.260 e. The molecule has 0 radical (unpaired) electrons. The van der Waals surface area contributed by atoms with E-state index in [1.54, 1.807) is 37.4 Å². The summed E-state index contributed by atoms with van der Waals surface area (Å²) < 4.78 is 18.4. The molecule has 0 aliphatic rings. The van der Waals surface area contributed by atoms with Gasteiger partial charge in [0.15, 0.2) is 12.4 Å². The zero-order chi connectivity index (χ0) is 17.0. The largest absolute Gasteiger partial charge is 0.481 e. The third kappa shape index (κ3) is 4.36. The summed E-state index contributed by atoms with van der Waals surface area (Å²) >= 11 is 12.0. The van der Waals surface area contributed by atoms with Gasteiger partial charge in [-0.15, -0.1) is 0 Å². The van der Waals surface area contributed by atoms with Gasteiger partial charge in [0.05, 0.1) is 16.1 Å². The first kappa shape index (κ1) is 17.6. The fraction of sp³-hybridized carbons (Fsp3) is 0.235. The molecule has 1 amide bonds. The molecular formula is C17H16Cl2FNO2. The van der Waals surface area contributed by atoms with Crippen LogP contribution >= 0.6 is 23.2 Å². The van der Waals surface area contributed by atoms with E-state index >= 15 is 0 Å². The molecule has 0 spiro atoms. The van der Waals surface area contributed by atoms with Crippen LogP contribution in [0.4, 0.5) is 4.39 Å². The number of rotatable bonds is 5. The average Bonchev–Trinajstić information content (AvgIpc) is 2.53. The molecule has 2 aromatic carbocycles. The number of carbonyl (C=O) groups is 1. The van der Waals surface area contributed by atoms with Gasteiger partial charge < -0.3 is 9.64 Å². The zero-order valence-corrected chi connectivity index (χ0v) is 14.2. The molecule has 0 aliphatic heterocycles. The second-order valence-electron chi connectivity index (χ2n) is 5.07. The van der Waals surface area contributed by atoms with Crippen LogP contribution in [0.5, 0.6) is 5.75 Å². The number of benzene rings is 2. The van der Waals surface area contributed by atoms with E-state index in [0.29, 0.717) is 10.0 Å². The second-order valence-corrected chi connectivity index (χ2v) is 5.89. The van der Waals surface area contributed by atoms with Crippen molar-refractivity contribution in [1.29, 1.82) is 0 Å². The number of carbonyl (C=O) groups excluding carboxylic acids is 1. The fourth-order valence-corrected chi connectivity index (χ4v) is 2.54. The molecule has 1 unspecified atom stereocenters. The van der Waals surface area contributed by atoms with Crippen LogP contribution < -0.4 is 4.74 Å². The quantitative estimate of drug-likeness (QED) is 0.775. The topological polar surface area (TPSA) is 29.5 Å². The van der Waals surface area contributed by atoms with Gasteiger partial charge in [-0.1, -0.05) is 41.4 Å². The Morgan fingerprint density at radius 2 is 1.74 bits per heavy atom. The normalized spacial score (nSPS) is 11.9. The van der Waals surface area contributed by atoms with Crippen LogP contribution in [0.1, 0.15) is 18.5 Å². The Morgan fingerprint density at radius 3 is 2.30 bits per heavy atom. The number of para-hydroxylation sites is 1. The molecule has 122 valence electrons. The van der Waals surface area contributed by atoms with Crippen LogP contribution in [0.25, 0.3) is 0 Å². The van der Waals surface area contributed by atoms with Crippen LogP contribution in [-0.2, 0) is 4.79 Å². The first-order valence-electron chi connectivity index (χ1n) is 6.98. The Hall–Kier alpha value is -1.78. The highest BCUT2D eigenvalue weighted by Gasteiger charge is 2.19. The molecule has 6 heteroatoms. The highest BCUT2D eigenvalue weighted by molar-refractivity contribution is 6.37. The maximum absolute atomic E-state index is 13.0. The lowest BCUT2D eigenvalue weighted by Gasteiger charge is -2.25. The lowest BCUT2D eigenvalue weighted by Crippen LogP contribution is -2.33. The van der Waals surface area contributed by atoms with Gasteiger partial charge in [-0.2, -0.15) is 0 Å². The van der Waals surface area contributed by atoms with Gasteiger partial charge in [-0.3, -0.25) is 4.79 Å². The van der Waals surface area contributed by atoms with Gasteiger partial charge in [0.25, 0.3) is 5.91 Å². The van der Waals surface area contributed by atoms with Gasteiger partial charge in [0, 0.05) is 7.05 Å². The summed E-state index contributed by atoms with van der Waals surface area (Å²) in [6, 6.07) is 10.8. The Balaban J connectivity index is 2.01. The van der Waals surface area contributed by atoms with Crippen LogP contribution in [-0.4, -0.2) is 24.5 Å². The second kappa shape index (κ2) is 7.66. The predicted octanol–water partition coefficient (Wildman–Crippen LogP) is 4.73. The summed E-state index contributed by atoms with van der Waals surface area (Å²) in [6.45, 7) is 1.67. The molecule has 3 nitrogen and oxygen atoms in total. The van der Waals surface area contributed by atoms with E-state index in [2.05, 4.69) is 0 Å². The Kier molecular flexibility index (Phi) is 5.85. The van der Waals surface area contributed by atoms with Gasteiger partial charge in [-0.05, 0) is 36.8 Å². The standard InChI is InChI=1S/C17H16Cl2FNO2/c1-11(12-6-8-13(20)9-7-12)21(2)16(22)10-23-17-14(18)4-3-5-15(17)19/h3-9,11H,10H2,1-2H3. The molecule has 0 aliphatic carbocycles. The molecular weight excluding hydrogens is 340 g/mol. The van der Waals surface area contributed by atoms with E-state index in [-0.39, 0.29) is 30.1 Å². The van der Waals surface area contributed by atoms with Gasteiger partial charge in [0.2, 0.25) is 0 Å². The summed E-state index contributed by atoms with van der Waals surface area (Å²) in [6.07, 6.45) is 0. The first-order valence-corrected chi connectivity index (χ1v) is 7.73. The highest BCUT2D eigenvalue weighted by atomic mass is 35.5. The van der Waals surface area contributed by atoms with Gasteiger partial charge in [-0.25, -0.2) is 4.39 Å². The number of likely N-dealkylation sites (N-methyl/N-ethyl adjacent to an activating group) is 1. The van der Waals surface area contributed by atoms with Crippen LogP contribution in [0.15, 0.2) is 42.5 Å². The molecule has 0 saturated carbocycles. The van der Waals surface area contributed by atoms with Crippen molar-refractivity contribution in [1.82, 2.24) is 4.90 Å². The minimum absolute atomic E-state index is 0.189. The van der Waals surface area contributed by atoms with Crippen molar-refractivity contribution in [3.8, 4) is 5.75 Å². The number of hydrogen-bond donors (Lipinski definition) is 0. The molecule has 0 bridgehead atoms. The fourth-order valence-electron chi connectivity index (χ4n) is 2.04. The lowest BCUT2D eigenvalue weighted by molar-refractivity contribution is -0.134. The molecule has 0 fully saturated rings. The molecule has 2 aromatic rings. The number of amides is 1. The molecule has 2 rings (SSSR count). The number of halogens is 3. The first-order chi connectivity index (χ1) is 10.9. The van der Waals surface area contributed by atoms with E-state index in [9.17, 15) is 9.18 Å². The summed E-state index contributed by atoms with van der Waals surface area (Å²) in [7, 11) is 1.66. The number of hydrogen-bond acceptors (Lipinski definition) is 2. The third-order valence-electron chi connectivity index (χ3n) is 3.59. The molecule has 1 atom stereocenters. The van der Waals surface area contributed by atoms with Crippen molar-refractivity contribution >= 4 is 29.1 Å². The van der Waals surface area contributed by atoms with Crippen molar-refractivity contribution in [2.75, 3.05) is 13.7 Å². The van der Waals surface area contributed by atoms with Crippen molar-refractivity contribution < 1.29 is 13.9 Å². The van der Waals surface area contributed by atoms with Crippen LogP contribution in [0.2, 0.25) is 10.0 Å². The Bertz CT molecular complexity index is 671. The molecule has 0 N–H and O–H groups in total. The SMILES string of the molecule is CC(c1ccc(F)cc1)N(C)C(=O)COc1c(Cl)cccc1Cl. The molecule has 0 aromatic heterocycles. The van der Waals surface area contributed by atoms with E-state index in [1.807, 2.05) is 6.92 Å². The van der Waals surface area contributed by atoms with Crippen molar-refractivity contribution in [2.24, 2.45) is 0 Å². The summed E-state index contributed by atoms with van der Waals surface area (Å²) in [5, 5.41) is 0.694. The summed E-state index contributed by atoms with van der Waals surface area (Å²) in [5.41, 5.74) is 0.832. The smallest absolute Gasteiger partial charge is 0.260 e. The van der Waals surface area contributed by atoms with Crippen molar-refractivity contribution in [3.05, 3.63) is 63.9 Å². The van der Waals surface area contributed by atoms with Gasteiger partial charge in [0.1, 0.15) is 5.82 Å². The molecule has 0 saturated heterocycles. The summed E-state index contributed by atoms with van der Waals surface area (Å²) in [4.78, 5) is 13.8. The minimum Gasteiger partial charge on any atom is -0.481 e. The zero-order valence-electron chi connectivity index (χ0n) is 12.7.